The first-order valence-electron chi connectivity index (χ1n) is 5.69. The van der Waals surface area contributed by atoms with Crippen molar-refractivity contribution in [3.63, 3.8) is 0 Å². The van der Waals surface area contributed by atoms with E-state index in [0.717, 1.165) is 6.42 Å². The Balaban J connectivity index is 2.20. The second-order valence-corrected chi connectivity index (χ2v) is 4.74. The van der Waals surface area contributed by atoms with Gasteiger partial charge in [-0.25, -0.2) is 0 Å². The van der Waals surface area contributed by atoms with Gasteiger partial charge in [0.15, 0.2) is 0 Å². The van der Waals surface area contributed by atoms with Crippen molar-refractivity contribution in [2.24, 2.45) is 17.6 Å². The third kappa shape index (κ3) is 4.62. The molecule has 1 saturated heterocycles. The number of hydrogen-bond acceptors (Lipinski definition) is 3. The molecule has 0 saturated carbocycles. The number of hydrogen-bond donors (Lipinski definition) is 2. The van der Waals surface area contributed by atoms with Gasteiger partial charge in [-0.05, 0) is 24.8 Å². The summed E-state index contributed by atoms with van der Waals surface area (Å²) in [5.41, 5.74) is 5.64. The van der Waals surface area contributed by atoms with Crippen molar-refractivity contribution in [2.75, 3.05) is 19.8 Å². The van der Waals surface area contributed by atoms with Gasteiger partial charge in [0.2, 0.25) is 5.91 Å². The van der Waals surface area contributed by atoms with E-state index in [1.165, 1.54) is 0 Å². The minimum atomic E-state index is 0.111. The zero-order chi connectivity index (χ0) is 11.3. The molecule has 1 unspecified atom stereocenters. The van der Waals surface area contributed by atoms with Crippen LogP contribution in [0.25, 0.3) is 0 Å². The van der Waals surface area contributed by atoms with Crippen LogP contribution in [0, 0.1) is 11.8 Å². The van der Waals surface area contributed by atoms with Crippen LogP contribution in [0.2, 0.25) is 0 Å². The highest BCUT2D eigenvalue weighted by Gasteiger charge is 2.22. The molecule has 0 aromatic carbocycles. The van der Waals surface area contributed by atoms with Gasteiger partial charge in [-0.1, -0.05) is 13.8 Å². The van der Waals surface area contributed by atoms with Gasteiger partial charge >= 0.3 is 0 Å². The maximum atomic E-state index is 11.6. The van der Waals surface area contributed by atoms with Gasteiger partial charge in [-0.3, -0.25) is 4.79 Å². The molecule has 4 heteroatoms. The third-order valence-electron chi connectivity index (χ3n) is 2.62. The molecule has 88 valence electrons. The van der Waals surface area contributed by atoms with Gasteiger partial charge in [0.05, 0.1) is 19.3 Å². The lowest BCUT2D eigenvalue weighted by Crippen LogP contribution is -2.49. The molecule has 0 bridgehead atoms. The van der Waals surface area contributed by atoms with Crippen LogP contribution in [-0.2, 0) is 9.53 Å². The van der Waals surface area contributed by atoms with Crippen molar-refractivity contribution in [3.8, 4) is 0 Å². The summed E-state index contributed by atoms with van der Waals surface area (Å²) in [6, 6.07) is 0.231. The molecule has 0 aliphatic carbocycles. The molecule has 0 aromatic rings. The van der Waals surface area contributed by atoms with Gasteiger partial charge in [-0.15, -0.1) is 0 Å². The zero-order valence-electron chi connectivity index (χ0n) is 9.66. The Bertz CT molecular complexity index is 203. The average Bonchev–Trinajstić information content (AvgIpc) is 2.09. The molecule has 1 aliphatic heterocycles. The first kappa shape index (κ1) is 12.5. The lowest BCUT2D eigenvalue weighted by molar-refractivity contribution is -0.126. The van der Waals surface area contributed by atoms with Crippen LogP contribution in [0.15, 0.2) is 0 Å². The van der Waals surface area contributed by atoms with E-state index in [-0.39, 0.29) is 11.9 Å². The van der Waals surface area contributed by atoms with Crippen molar-refractivity contribution >= 4 is 5.91 Å². The first-order chi connectivity index (χ1) is 7.11. The predicted molar refractivity (Wildman–Crippen MR) is 59.4 cm³/mol. The fraction of sp³-hybridized carbons (Fsp3) is 0.909. The molecule has 0 radical (unpaired) electrons. The maximum absolute atomic E-state index is 11.6. The molecule has 1 amide bonds. The van der Waals surface area contributed by atoms with Crippen LogP contribution >= 0.6 is 0 Å². The zero-order valence-corrected chi connectivity index (χ0v) is 9.66. The van der Waals surface area contributed by atoms with E-state index in [4.69, 9.17) is 10.5 Å². The highest BCUT2D eigenvalue weighted by Crippen LogP contribution is 2.14. The van der Waals surface area contributed by atoms with E-state index in [2.05, 4.69) is 19.2 Å². The second-order valence-electron chi connectivity index (χ2n) is 4.74. The summed E-state index contributed by atoms with van der Waals surface area (Å²) in [4.78, 5) is 11.6. The Morgan fingerprint density at radius 1 is 1.53 bits per heavy atom. The Morgan fingerprint density at radius 2 is 2.20 bits per heavy atom. The fourth-order valence-electron chi connectivity index (χ4n) is 1.80. The molecule has 15 heavy (non-hydrogen) atoms. The van der Waals surface area contributed by atoms with Crippen LogP contribution in [0.3, 0.4) is 0 Å². The summed E-state index contributed by atoms with van der Waals surface area (Å²) in [6.07, 6.45) is 1.57. The molecular formula is C11H22N2O2. The number of rotatable bonds is 6. The average molecular weight is 214 g/mol. The Labute approximate surface area is 91.5 Å². The molecule has 0 spiro atoms. The van der Waals surface area contributed by atoms with Crippen molar-refractivity contribution in [1.82, 2.24) is 5.32 Å². The van der Waals surface area contributed by atoms with Crippen LogP contribution in [0.5, 0.6) is 0 Å². The summed E-state index contributed by atoms with van der Waals surface area (Å²) in [5, 5.41) is 2.93. The molecular weight excluding hydrogens is 192 g/mol. The summed E-state index contributed by atoms with van der Waals surface area (Å²) < 4.78 is 4.99. The molecule has 4 nitrogen and oxygen atoms in total. The minimum absolute atomic E-state index is 0.111. The van der Waals surface area contributed by atoms with E-state index in [9.17, 15) is 4.79 Å². The number of carbonyl (C=O) groups is 1. The van der Waals surface area contributed by atoms with Gasteiger partial charge in [0.25, 0.3) is 0 Å². The van der Waals surface area contributed by atoms with E-state index in [1.807, 2.05) is 0 Å². The largest absolute Gasteiger partial charge is 0.377 e. The van der Waals surface area contributed by atoms with Crippen LogP contribution < -0.4 is 11.1 Å². The smallest absolute Gasteiger partial charge is 0.220 e. The van der Waals surface area contributed by atoms with E-state index < -0.39 is 0 Å². The van der Waals surface area contributed by atoms with Crippen molar-refractivity contribution in [2.45, 2.75) is 32.7 Å². The Morgan fingerprint density at radius 3 is 2.60 bits per heavy atom. The first-order valence-corrected chi connectivity index (χ1v) is 5.69. The second kappa shape index (κ2) is 6.08. The van der Waals surface area contributed by atoms with Gasteiger partial charge in [0.1, 0.15) is 0 Å². The predicted octanol–water partition coefficient (Wildman–Crippen LogP) is 0.513. The van der Waals surface area contributed by atoms with Gasteiger partial charge in [-0.2, -0.15) is 0 Å². The molecule has 1 heterocycles. The van der Waals surface area contributed by atoms with E-state index in [1.54, 1.807) is 0 Å². The molecule has 1 atom stereocenters. The van der Waals surface area contributed by atoms with Crippen molar-refractivity contribution in [1.29, 1.82) is 0 Å². The molecule has 1 fully saturated rings. The summed E-state index contributed by atoms with van der Waals surface area (Å²) >= 11 is 0. The molecule has 0 aromatic heterocycles. The quantitative estimate of drug-likeness (QED) is 0.677. The van der Waals surface area contributed by atoms with E-state index >= 15 is 0 Å². The standard InChI is InChI=1S/C11H22N2O2/c1-8(2)3-9(5-12)4-11(14)13-10-6-15-7-10/h8-10H,3-7,12H2,1-2H3,(H,13,14). The number of ether oxygens (including phenoxy) is 1. The number of carbonyl (C=O) groups excluding carboxylic acids is 1. The summed E-state index contributed by atoms with van der Waals surface area (Å²) in [5.74, 6) is 1.02. The molecule has 1 rings (SSSR count). The highest BCUT2D eigenvalue weighted by atomic mass is 16.5. The Kier molecular flexibility index (Phi) is 5.05. The minimum Gasteiger partial charge on any atom is -0.377 e. The van der Waals surface area contributed by atoms with Gasteiger partial charge in [0, 0.05) is 6.42 Å². The van der Waals surface area contributed by atoms with E-state index in [0.29, 0.717) is 38.0 Å². The van der Waals surface area contributed by atoms with Crippen molar-refractivity contribution < 1.29 is 9.53 Å². The molecule has 1 aliphatic rings. The third-order valence-corrected chi connectivity index (χ3v) is 2.62. The maximum Gasteiger partial charge on any atom is 0.220 e. The normalized spacial score (nSPS) is 18.7. The van der Waals surface area contributed by atoms with Crippen LogP contribution in [-0.4, -0.2) is 31.7 Å². The number of nitrogens with one attached hydrogen (secondary N) is 1. The summed E-state index contributed by atoms with van der Waals surface area (Å²) in [7, 11) is 0. The monoisotopic (exact) mass is 214 g/mol. The fourth-order valence-corrected chi connectivity index (χ4v) is 1.80. The topological polar surface area (TPSA) is 64.4 Å². The van der Waals surface area contributed by atoms with Gasteiger partial charge < -0.3 is 15.8 Å². The molecule has 3 N–H and O–H groups in total. The Hall–Kier alpha value is -0.610. The number of amides is 1. The summed E-state index contributed by atoms with van der Waals surface area (Å²) in [6.45, 7) is 6.21. The lowest BCUT2D eigenvalue weighted by atomic mass is 9.94. The SMILES string of the molecule is CC(C)CC(CN)CC(=O)NC1COC1. The van der Waals surface area contributed by atoms with Crippen molar-refractivity contribution in [3.05, 3.63) is 0 Å². The lowest BCUT2D eigenvalue weighted by Gasteiger charge is -2.27. The van der Waals surface area contributed by atoms with Crippen LogP contribution in [0.1, 0.15) is 26.7 Å². The van der Waals surface area contributed by atoms with Crippen LogP contribution in [0.4, 0.5) is 0 Å². The number of nitrogens with two attached hydrogens (primary N) is 1. The highest BCUT2D eigenvalue weighted by molar-refractivity contribution is 5.76.